The molecule has 0 saturated heterocycles. The number of carboxylic acids is 1. The summed E-state index contributed by atoms with van der Waals surface area (Å²) in [5.74, 6) is -0.833. The molecule has 0 spiro atoms. The average molecular weight is 236 g/mol. The van der Waals surface area contributed by atoms with E-state index in [0.717, 1.165) is 0 Å². The molecule has 4 nitrogen and oxygen atoms in total. The molecule has 0 heterocycles. The summed E-state index contributed by atoms with van der Waals surface area (Å²) >= 11 is 0. The fourth-order valence-corrected chi connectivity index (χ4v) is 1.59. The zero-order chi connectivity index (χ0) is 12.8. The van der Waals surface area contributed by atoms with Gasteiger partial charge in [0.15, 0.2) is 0 Å². The van der Waals surface area contributed by atoms with Crippen LogP contribution in [0.15, 0.2) is 18.2 Å². The third kappa shape index (κ3) is 4.17. The van der Waals surface area contributed by atoms with Gasteiger partial charge in [0.2, 0.25) is 0 Å². The number of nitrogens with one attached hydrogen (secondary N) is 2. The minimum atomic E-state index is -0.833. The molecule has 0 radical (unpaired) electrons. The Morgan fingerprint density at radius 3 is 2.59 bits per heavy atom. The van der Waals surface area contributed by atoms with Crippen LogP contribution < -0.4 is 10.6 Å². The lowest BCUT2D eigenvalue weighted by atomic mass is 10.1. The van der Waals surface area contributed by atoms with Gasteiger partial charge in [0.05, 0.1) is 0 Å². The summed E-state index contributed by atoms with van der Waals surface area (Å²) in [5, 5.41) is 14.7. The molecule has 1 rings (SSSR count). The van der Waals surface area contributed by atoms with Crippen LogP contribution in [0.1, 0.15) is 16.7 Å². The molecular weight excluding hydrogens is 216 g/mol. The molecule has 0 aromatic heterocycles. The highest BCUT2D eigenvalue weighted by atomic mass is 16.4. The van der Waals surface area contributed by atoms with Crippen molar-refractivity contribution in [3.8, 4) is 0 Å². The summed E-state index contributed by atoms with van der Waals surface area (Å²) in [5.41, 5.74) is 3.70. The van der Waals surface area contributed by atoms with Gasteiger partial charge in [-0.05, 0) is 37.6 Å². The molecule has 1 atom stereocenters. The summed E-state index contributed by atoms with van der Waals surface area (Å²) in [6, 6.07) is 5.72. The monoisotopic (exact) mass is 236 g/mol. The standard InChI is InChI=1S/C13H20N2O2/c1-9-4-5-11(6-10(9)2)7-15-8-12(14-3)13(16)17/h4-6,12,14-15H,7-8H2,1-3H3,(H,16,17). The molecule has 0 aliphatic carbocycles. The molecule has 3 N–H and O–H groups in total. The Kier molecular flexibility index (Phi) is 5.12. The first-order valence-electron chi connectivity index (χ1n) is 5.71. The number of hydrogen-bond donors (Lipinski definition) is 3. The minimum Gasteiger partial charge on any atom is -0.480 e. The summed E-state index contributed by atoms with van der Waals surface area (Å²) < 4.78 is 0. The van der Waals surface area contributed by atoms with Crippen molar-refractivity contribution in [3.63, 3.8) is 0 Å². The highest BCUT2D eigenvalue weighted by molar-refractivity contribution is 5.73. The topological polar surface area (TPSA) is 61.4 Å². The molecule has 4 heteroatoms. The van der Waals surface area contributed by atoms with E-state index >= 15 is 0 Å². The second-order valence-electron chi connectivity index (χ2n) is 4.23. The minimum absolute atomic E-state index is 0.415. The third-order valence-corrected chi connectivity index (χ3v) is 2.90. The number of aryl methyl sites for hydroxylation is 2. The van der Waals surface area contributed by atoms with Crippen LogP contribution in [0.25, 0.3) is 0 Å². The normalized spacial score (nSPS) is 12.4. The van der Waals surface area contributed by atoms with Gasteiger partial charge < -0.3 is 15.7 Å². The van der Waals surface area contributed by atoms with E-state index in [9.17, 15) is 4.79 Å². The number of aliphatic carboxylic acids is 1. The van der Waals surface area contributed by atoms with Gasteiger partial charge >= 0.3 is 5.97 Å². The summed E-state index contributed by atoms with van der Waals surface area (Å²) in [6.07, 6.45) is 0. The smallest absolute Gasteiger partial charge is 0.322 e. The SMILES string of the molecule is CNC(CNCc1ccc(C)c(C)c1)C(=O)O. The van der Waals surface area contributed by atoms with Crippen molar-refractivity contribution >= 4 is 5.97 Å². The van der Waals surface area contributed by atoms with Gasteiger partial charge in [0.1, 0.15) is 6.04 Å². The first-order valence-corrected chi connectivity index (χ1v) is 5.71. The third-order valence-electron chi connectivity index (χ3n) is 2.90. The molecule has 1 aromatic rings. The molecular formula is C13H20N2O2. The van der Waals surface area contributed by atoms with E-state index in [0.29, 0.717) is 13.1 Å². The van der Waals surface area contributed by atoms with E-state index in [-0.39, 0.29) is 0 Å². The van der Waals surface area contributed by atoms with Crippen molar-refractivity contribution in [2.24, 2.45) is 0 Å². The number of carboxylic acid groups (broad SMARTS) is 1. The molecule has 0 aliphatic rings. The van der Waals surface area contributed by atoms with Crippen LogP contribution in [0.2, 0.25) is 0 Å². The number of likely N-dealkylation sites (N-methyl/N-ethyl adjacent to an activating group) is 1. The molecule has 0 amide bonds. The lowest BCUT2D eigenvalue weighted by Gasteiger charge is -2.12. The van der Waals surface area contributed by atoms with Crippen LogP contribution in [-0.2, 0) is 11.3 Å². The summed E-state index contributed by atoms with van der Waals surface area (Å²) in [6.45, 7) is 5.26. The largest absolute Gasteiger partial charge is 0.480 e. The second kappa shape index (κ2) is 6.37. The Balaban J connectivity index is 2.45. The van der Waals surface area contributed by atoms with Gasteiger partial charge in [0, 0.05) is 13.1 Å². The Hall–Kier alpha value is -1.39. The number of benzene rings is 1. The van der Waals surface area contributed by atoms with Crippen LogP contribution in [0.5, 0.6) is 0 Å². The van der Waals surface area contributed by atoms with Crippen molar-refractivity contribution in [3.05, 3.63) is 34.9 Å². The fraction of sp³-hybridized carbons (Fsp3) is 0.462. The predicted octanol–water partition coefficient (Wildman–Crippen LogP) is 1.07. The van der Waals surface area contributed by atoms with Gasteiger partial charge in [0.25, 0.3) is 0 Å². The molecule has 1 aromatic carbocycles. The Morgan fingerprint density at radius 2 is 2.06 bits per heavy atom. The maximum absolute atomic E-state index is 10.8. The lowest BCUT2D eigenvalue weighted by molar-refractivity contribution is -0.139. The molecule has 0 bridgehead atoms. The van der Waals surface area contributed by atoms with Gasteiger partial charge in [-0.2, -0.15) is 0 Å². The summed E-state index contributed by atoms with van der Waals surface area (Å²) in [4.78, 5) is 10.8. The molecule has 0 fully saturated rings. The second-order valence-corrected chi connectivity index (χ2v) is 4.23. The first kappa shape index (κ1) is 13.7. The van der Waals surface area contributed by atoms with Gasteiger partial charge in [-0.3, -0.25) is 4.79 Å². The Bertz CT molecular complexity index is 391. The number of hydrogen-bond acceptors (Lipinski definition) is 3. The van der Waals surface area contributed by atoms with Crippen molar-refractivity contribution in [2.75, 3.05) is 13.6 Å². The highest BCUT2D eigenvalue weighted by Gasteiger charge is 2.13. The lowest BCUT2D eigenvalue weighted by Crippen LogP contribution is -2.42. The van der Waals surface area contributed by atoms with Gasteiger partial charge in [-0.1, -0.05) is 18.2 Å². The quantitative estimate of drug-likeness (QED) is 0.691. The van der Waals surface area contributed by atoms with Gasteiger partial charge in [-0.15, -0.1) is 0 Å². The van der Waals surface area contributed by atoms with Crippen LogP contribution in [-0.4, -0.2) is 30.7 Å². The predicted molar refractivity (Wildman–Crippen MR) is 68.1 cm³/mol. The zero-order valence-electron chi connectivity index (χ0n) is 10.6. The van der Waals surface area contributed by atoms with E-state index in [4.69, 9.17) is 5.11 Å². The maximum atomic E-state index is 10.8. The average Bonchev–Trinajstić information content (AvgIpc) is 2.28. The number of rotatable bonds is 6. The molecule has 1 unspecified atom stereocenters. The molecule has 17 heavy (non-hydrogen) atoms. The van der Waals surface area contributed by atoms with Crippen molar-refractivity contribution in [2.45, 2.75) is 26.4 Å². The van der Waals surface area contributed by atoms with Crippen LogP contribution in [0.3, 0.4) is 0 Å². The number of carbonyl (C=O) groups is 1. The van der Waals surface area contributed by atoms with E-state index in [1.54, 1.807) is 7.05 Å². The zero-order valence-corrected chi connectivity index (χ0v) is 10.6. The molecule has 0 saturated carbocycles. The van der Waals surface area contributed by atoms with E-state index < -0.39 is 12.0 Å². The maximum Gasteiger partial charge on any atom is 0.322 e. The van der Waals surface area contributed by atoms with E-state index in [1.165, 1.54) is 16.7 Å². The van der Waals surface area contributed by atoms with E-state index in [2.05, 4.69) is 42.7 Å². The van der Waals surface area contributed by atoms with E-state index in [1.807, 2.05) is 0 Å². The molecule has 94 valence electrons. The van der Waals surface area contributed by atoms with Gasteiger partial charge in [-0.25, -0.2) is 0 Å². The van der Waals surface area contributed by atoms with Crippen LogP contribution in [0.4, 0.5) is 0 Å². The highest BCUT2D eigenvalue weighted by Crippen LogP contribution is 2.09. The first-order chi connectivity index (χ1) is 8.04. The Morgan fingerprint density at radius 1 is 1.35 bits per heavy atom. The van der Waals surface area contributed by atoms with Crippen molar-refractivity contribution in [1.82, 2.24) is 10.6 Å². The van der Waals surface area contributed by atoms with Crippen LogP contribution >= 0.6 is 0 Å². The van der Waals surface area contributed by atoms with Crippen molar-refractivity contribution < 1.29 is 9.90 Å². The van der Waals surface area contributed by atoms with Crippen LogP contribution in [0, 0.1) is 13.8 Å². The van der Waals surface area contributed by atoms with Crippen molar-refractivity contribution in [1.29, 1.82) is 0 Å². The summed E-state index contributed by atoms with van der Waals surface area (Å²) in [7, 11) is 1.65. The Labute approximate surface area is 102 Å². The fourth-order valence-electron chi connectivity index (χ4n) is 1.59. The molecule has 0 aliphatic heterocycles.